The molecule has 0 aliphatic heterocycles. The van der Waals surface area contributed by atoms with Gasteiger partial charge in [-0.05, 0) is 18.2 Å². The molecule has 0 unspecified atom stereocenters. The summed E-state index contributed by atoms with van der Waals surface area (Å²) in [5, 5.41) is 13.8. The highest BCUT2D eigenvalue weighted by Crippen LogP contribution is 2.39. The summed E-state index contributed by atoms with van der Waals surface area (Å²) in [6, 6.07) is 8.62. The van der Waals surface area contributed by atoms with Crippen molar-refractivity contribution in [2.45, 2.75) is 0 Å². The van der Waals surface area contributed by atoms with Gasteiger partial charge in [-0.2, -0.15) is 0 Å². The van der Waals surface area contributed by atoms with Crippen molar-refractivity contribution in [1.82, 2.24) is 0 Å². The maximum absolute atomic E-state index is 9.72. The lowest BCUT2D eigenvalue weighted by molar-refractivity contribution is 0.294. The van der Waals surface area contributed by atoms with Gasteiger partial charge in [0.2, 0.25) is 0 Å². The summed E-state index contributed by atoms with van der Waals surface area (Å²) >= 11 is 0. The zero-order chi connectivity index (χ0) is 20.3. The normalized spacial score (nSPS) is 11.4. The first-order valence-corrected chi connectivity index (χ1v) is 8.29. The van der Waals surface area contributed by atoms with Crippen molar-refractivity contribution in [3.63, 3.8) is 0 Å². The van der Waals surface area contributed by atoms with Crippen molar-refractivity contribution >= 4 is 11.0 Å². The molecule has 8 nitrogen and oxygen atoms in total. The number of benzene rings is 2. The number of nitrogens with zero attached hydrogens (tertiary/aromatic N) is 1. The molecule has 0 atom stereocenters. The van der Waals surface area contributed by atoms with Crippen LogP contribution in [0.4, 0.5) is 0 Å². The van der Waals surface area contributed by atoms with Gasteiger partial charge in [0.1, 0.15) is 17.1 Å². The zero-order valence-corrected chi connectivity index (χ0v) is 16.2. The molecule has 0 saturated carbocycles. The monoisotopic (exact) mass is 387 g/mol. The molecule has 0 fully saturated rings. The maximum atomic E-state index is 9.72. The molecule has 8 heteroatoms. The highest BCUT2D eigenvalue weighted by molar-refractivity contribution is 5.88. The van der Waals surface area contributed by atoms with E-state index in [9.17, 15) is 5.21 Å². The molecular weight excluding hydrogens is 366 g/mol. The van der Waals surface area contributed by atoms with Crippen LogP contribution < -0.4 is 29.0 Å². The summed E-state index contributed by atoms with van der Waals surface area (Å²) in [4.78, 5) is 0. The first kappa shape index (κ1) is 19.2. The van der Waals surface area contributed by atoms with Gasteiger partial charge in [-0.3, -0.25) is 0 Å². The second-order valence-electron chi connectivity index (χ2n) is 5.69. The van der Waals surface area contributed by atoms with E-state index in [0.717, 1.165) is 0 Å². The van der Waals surface area contributed by atoms with Gasteiger partial charge in [0.05, 0.1) is 40.9 Å². The molecule has 0 radical (unpaired) electrons. The molecule has 148 valence electrons. The smallest absolute Gasteiger partial charge is 0.192 e. The predicted molar refractivity (Wildman–Crippen MR) is 102 cm³/mol. The molecule has 0 aliphatic carbocycles. The molecule has 0 aliphatic rings. The molecular formula is C20H21NO7. The molecule has 28 heavy (non-hydrogen) atoms. The van der Waals surface area contributed by atoms with Gasteiger partial charge in [-0.25, -0.2) is 0 Å². The predicted octanol–water partition coefficient (Wildman–Crippen LogP) is 3.43. The molecule has 1 heterocycles. The van der Waals surface area contributed by atoms with E-state index in [2.05, 4.69) is 5.16 Å². The lowest BCUT2D eigenvalue weighted by Crippen LogP contribution is -2.11. The Morgan fingerprint density at radius 2 is 1.50 bits per heavy atom. The Morgan fingerprint density at radius 3 is 2.07 bits per heavy atom. The molecule has 0 saturated heterocycles. The average Bonchev–Trinajstić information content (AvgIpc) is 2.75. The van der Waals surface area contributed by atoms with Crippen LogP contribution in [0.3, 0.4) is 0 Å². The molecule has 2 aromatic carbocycles. The summed E-state index contributed by atoms with van der Waals surface area (Å²) in [5.74, 6) is 2.62. The van der Waals surface area contributed by atoms with Crippen LogP contribution in [-0.2, 0) is 0 Å². The zero-order valence-electron chi connectivity index (χ0n) is 16.2. The molecule has 3 rings (SSSR count). The highest BCUT2D eigenvalue weighted by Gasteiger charge is 2.21. The fourth-order valence-electron chi connectivity index (χ4n) is 2.99. The number of ether oxygens (including phenoxy) is 5. The van der Waals surface area contributed by atoms with E-state index in [1.807, 2.05) is 0 Å². The fraction of sp³-hybridized carbons (Fsp3) is 0.250. The molecule has 0 amide bonds. The number of rotatable bonds is 6. The largest absolute Gasteiger partial charge is 0.496 e. The second-order valence-corrected chi connectivity index (χ2v) is 5.69. The molecule has 3 aromatic rings. The van der Waals surface area contributed by atoms with Crippen molar-refractivity contribution in [3.8, 4) is 40.1 Å². The first-order chi connectivity index (χ1) is 13.6. The molecule has 1 aromatic heterocycles. The molecule has 0 bridgehead atoms. The van der Waals surface area contributed by atoms with E-state index >= 15 is 0 Å². The SMILES string of the molecule is COc1cc(OC)c2/c(=N\O)c(OC)c(-c3ccc(OC)c(OC)c3)oc2c1. The van der Waals surface area contributed by atoms with Crippen LogP contribution >= 0.6 is 0 Å². The lowest BCUT2D eigenvalue weighted by Gasteiger charge is -2.14. The van der Waals surface area contributed by atoms with Gasteiger partial charge in [0.25, 0.3) is 0 Å². The standard InChI is InChI=1S/C20H21NO7/c1-23-12-9-15(26-4)17-16(10-12)28-19(20(27-5)18(17)21-22)11-6-7-13(24-2)14(8-11)25-3/h6-10,22H,1-5H3/b21-18+. The second kappa shape index (κ2) is 7.99. The van der Waals surface area contributed by atoms with Gasteiger partial charge < -0.3 is 33.3 Å². The van der Waals surface area contributed by atoms with E-state index in [1.165, 1.54) is 21.3 Å². The van der Waals surface area contributed by atoms with Crippen molar-refractivity contribution < 1.29 is 33.3 Å². The number of methoxy groups -OCH3 is 5. The minimum atomic E-state index is 0.174. The fourth-order valence-corrected chi connectivity index (χ4v) is 2.99. The Balaban J connectivity index is 2.41. The number of hydrogen-bond acceptors (Lipinski definition) is 8. The van der Waals surface area contributed by atoms with E-state index in [0.29, 0.717) is 45.3 Å². The lowest BCUT2D eigenvalue weighted by atomic mass is 10.1. The van der Waals surface area contributed by atoms with Crippen molar-refractivity contribution in [2.75, 3.05) is 35.5 Å². The quantitative estimate of drug-likeness (QED) is 0.512. The van der Waals surface area contributed by atoms with Crippen molar-refractivity contribution in [3.05, 3.63) is 35.7 Å². The summed E-state index contributed by atoms with van der Waals surface area (Å²) in [6.07, 6.45) is 0. The highest BCUT2D eigenvalue weighted by atomic mass is 16.5. The minimum absolute atomic E-state index is 0.174. The average molecular weight is 387 g/mol. The van der Waals surface area contributed by atoms with E-state index in [4.69, 9.17) is 28.1 Å². The van der Waals surface area contributed by atoms with Crippen molar-refractivity contribution in [2.24, 2.45) is 5.16 Å². The Bertz CT molecular complexity index is 1070. The van der Waals surface area contributed by atoms with Crippen LogP contribution in [0.25, 0.3) is 22.3 Å². The maximum Gasteiger partial charge on any atom is 0.192 e. The summed E-state index contributed by atoms with van der Waals surface area (Å²) in [5.41, 5.74) is 1.04. The Hall–Kier alpha value is -3.55. The summed E-state index contributed by atoms with van der Waals surface area (Å²) in [7, 11) is 7.60. The topological polar surface area (TPSA) is 91.9 Å². The third-order valence-corrected chi connectivity index (χ3v) is 4.32. The van der Waals surface area contributed by atoms with Crippen LogP contribution in [0.1, 0.15) is 0 Å². The van der Waals surface area contributed by atoms with Gasteiger partial charge in [0, 0.05) is 17.7 Å². The Morgan fingerprint density at radius 1 is 0.786 bits per heavy atom. The van der Waals surface area contributed by atoms with Gasteiger partial charge in [-0.15, -0.1) is 0 Å². The van der Waals surface area contributed by atoms with Gasteiger partial charge in [0.15, 0.2) is 28.4 Å². The first-order valence-electron chi connectivity index (χ1n) is 8.29. The van der Waals surface area contributed by atoms with Crippen LogP contribution in [0, 0.1) is 0 Å². The third-order valence-electron chi connectivity index (χ3n) is 4.32. The van der Waals surface area contributed by atoms with E-state index < -0.39 is 0 Å². The molecule has 0 spiro atoms. The number of fused-ring (bicyclic) bond motifs is 1. The number of hydrogen-bond donors (Lipinski definition) is 1. The van der Waals surface area contributed by atoms with Crippen LogP contribution in [0.5, 0.6) is 28.7 Å². The summed E-state index contributed by atoms with van der Waals surface area (Å²) in [6.45, 7) is 0. The van der Waals surface area contributed by atoms with Gasteiger partial charge in [-0.1, -0.05) is 5.16 Å². The van der Waals surface area contributed by atoms with Crippen molar-refractivity contribution in [1.29, 1.82) is 0 Å². The van der Waals surface area contributed by atoms with Crippen LogP contribution in [0.2, 0.25) is 0 Å². The van der Waals surface area contributed by atoms with Crippen LogP contribution in [-0.4, -0.2) is 40.8 Å². The Kier molecular flexibility index (Phi) is 5.49. The van der Waals surface area contributed by atoms with Crippen LogP contribution in [0.15, 0.2) is 39.9 Å². The summed E-state index contributed by atoms with van der Waals surface area (Å²) < 4.78 is 33.0. The minimum Gasteiger partial charge on any atom is -0.496 e. The Labute approximate surface area is 161 Å². The van der Waals surface area contributed by atoms with E-state index in [1.54, 1.807) is 44.6 Å². The molecule has 1 N–H and O–H groups in total. The van der Waals surface area contributed by atoms with Gasteiger partial charge >= 0.3 is 0 Å². The third kappa shape index (κ3) is 3.13. The van der Waals surface area contributed by atoms with E-state index in [-0.39, 0.29) is 11.1 Å².